The highest BCUT2D eigenvalue weighted by Gasteiger charge is 2.08. The summed E-state index contributed by atoms with van der Waals surface area (Å²) in [6, 6.07) is 10.5. The fourth-order valence-electron chi connectivity index (χ4n) is 1.53. The van der Waals surface area contributed by atoms with E-state index in [4.69, 9.17) is 4.74 Å². The molecule has 0 heterocycles. The van der Waals surface area contributed by atoms with E-state index in [1.165, 1.54) is 48.5 Å². The molecule has 0 aliphatic heterocycles. The molecule has 0 spiro atoms. The summed E-state index contributed by atoms with van der Waals surface area (Å²) in [6.07, 6.45) is 0. The minimum absolute atomic E-state index is 0.0535. The smallest absolute Gasteiger partial charge is 0.269 e. The molecule has 5 nitrogen and oxygen atoms in total. The van der Waals surface area contributed by atoms with E-state index >= 15 is 0 Å². The quantitative estimate of drug-likeness (QED) is 0.478. The molecule has 2 aromatic rings. The van der Waals surface area contributed by atoms with Crippen molar-refractivity contribution in [2.45, 2.75) is 0 Å². The summed E-state index contributed by atoms with van der Waals surface area (Å²) < 4.78 is 17.9. The zero-order valence-corrected chi connectivity index (χ0v) is 10.3. The SMILES string of the molecule is O=C(COc1ccc([N+](=O)[O-])cc1)c1ccc(F)cc1. The Hall–Kier alpha value is -2.76. The van der Waals surface area contributed by atoms with Crippen LogP contribution in [0.15, 0.2) is 48.5 Å². The highest BCUT2D eigenvalue weighted by atomic mass is 19.1. The molecule has 0 aliphatic carbocycles. The Balaban J connectivity index is 1.96. The molecule has 0 saturated heterocycles. The molecule has 0 aliphatic rings. The number of nitro groups is 1. The van der Waals surface area contributed by atoms with Crippen LogP contribution in [0, 0.1) is 15.9 Å². The first-order valence-electron chi connectivity index (χ1n) is 5.72. The minimum atomic E-state index is -0.520. The molecule has 0 amide bonds. The van der Waals surface area contributed by atoms with Crippen molar-refractivity contribution in [3.05, 3.63) is 70.0 Å². The van der Waals surface area contributed by atoms with Crippen LogP contribution in [0.5, 0.6) is 5.75 Å². The van der Waals surface area contributed by atoms with E-state index in [0.29, 0.717) is 11.3 Å². The molecule has 102 valence electrons. The molecule has 2 aromatic carbocycles. The first kappa shape index (κ1) is 13.7. The lowest BCUT2D eigenvalue weighted by Gasteiger charge is -2.05. The van der Waals surface area contributed by atoms with E-state index in [1.54, 1.807) is 0 Å². The summed E-state index contributed by atoms with van der Waals surface area (Å²) in [5, 5.41) is 10.5. The lowest BCUT2D eigenvalue weighted by molar-refractivity contribution is -0.384. The van der Waals surface area contributed by atoms with Crippen LogP contribution < -0.4 is 4.74 Å². The van der Waals surface area contributed by atoms with E-state index in [-0.39, 0.29) is 18.1 Å². The van der Waals surface area contributed by atoms with Gasteiger partial charge in [0.15, 0.2) is 12.4 Å². The zero-order valence-electron chi connectivity index (χ0n) is 10.3. The number of ketones is 1. The molecule has 0 aromatic heterocycles. The van der Waals surface area contributed by atoms with Gasteiger partial charge in [0.05, 0.1) is 4.92 Å². The molecule has 2 rings (SSSR count). The van der Waals surface area contributed by atoms with Crippen molar-refractivity contribution >= 4 is 11.5 Å². The normalized spacial score (nSPS) is 10.1. The number of Topliss-reactive ketones (excluding diaryl/α,β-unsaturated/α-hetero) is 1. The van der Waals surface area contributed by atoms with Crippen LogP contribution in [-0.2, 0) is 0 Å². The molecule has 6 heteroatoms. The number of carbonyl (C=O) groups excluding carboxylic acids is 1. The Morgan fingerprint density at radius 2 is 1.70 bits per heavy atom. The summed E-state index contributed by atoms with van der Waals surface area (Å²) in [6.45, 7) is -0.219. The summed E-state index contributed by atoms with van der Waals surface area (Å²) in [4.78, 5) is 21.7. The predicted molar refractivity (Wildman–Crippen MR) is 69.3 cm³/mol. The molecular formula is C14H10FNO4. The van der Waals surface area contributed by atoms with Crippen LogP contribution in [0.25, 0.3) is 0 Å². The Kier molecular flexibility index (Phi) is 4.05. The van der Waals surface area contributed by atoms with Crippen molar-refractivity contribution < 1.29 is 18.8 Å². The fraction of sp³-hybridized carbons (Fsp3) is 0.0714. The van der Waals surface area contributed by atoms with Crippen LogP contribution in [0.3, 0.4) is 0 Å². The second-order valence-corrected chi connectivity index (χ2v) is 3.97. The number of hydrogen-bond donors (Lipinski definition) is 0. The molecular weight excluding hydrogens is 265 g/mol. The predicted octanol–water partition coefficient (Wildman–Crippen LogP) is 3.00. The van der Waals surface area contributed by atoms with Gasteiger partial charge in [0, 0.05) is 17.7 Å². The summed E-state index contributed by atoms with van der Waals surface area (Å²) in [5.41, 5.74) is 0.288. The maximum Gasteiger partial charge on any atom is 0.269 e. The van der Waals surface area contributed by atoms with E-state index in [9.17, 15) is 19.3 Å². The second kappa shape index (κ2) is 5.92. The van der Waals surface area contributed by atoms with Gasteiger partial charge in [0.1, 0.15) is 11.6 Å². The number of rotatable bonds is 5. The molecule has 0 saturated carbocycles. The lowest BCUT2D eigenvalue weighted by Crippen LogP contribution is -2.11. The molecule has 0 bridgehead atoms. The number of non-ortho nitro benzene ring substituents is 1. The highest BCUT2D eigenvalue weighted by molar-refractivity contribution is 5.97. The van der Waals surface area contributed by atoms with Gasteiger partial charge in [-0.2, -0.15) is 0 Å². The van der Waals surface area contributed by atoms with Crippen LogP contribution >= 0.6 is 0 Å². The van der Waals surface area contributed by atoms with Crippen LogP contribution in [0.2, 0.25) is 0 Å². The summed E-state index contributed by atoms with van der Waals surface area (Å²) >= 11 is 0. The Morgan fingerprint density at radius 3 is 2.25 bits per heavy atom. The Labute approximate surface area is 113 Å². The number of ether oxygens (including phenoxy) is 1. The van der Waals surface area contributed by atoms with Crippen molar-refractivity contribution in [3.63, 3.8) is 0 Å². The molecule has 0 N–H and O–H groups in total. The molecule has 0 atom stereocenters. The van der Waals surface area contributed by atoms with Crippen molar-refractivity contribution in [2.24, 2.45) is 0 Å². The molecule has 20 heavy (non-hydrogen) atoms. The largest absolute Gasteiger partial charge is 0.485 e. The number of nitrogens with zero attached hydrogens (tertiary/aromatic N) is 1. The van der Waals surface area contributed by atoms with E-state index in [0.717, 1.165) is 0 Å². The average molecular weight is 275 g/mol. The topological polar surface area (TPSA) is 69.4 Å². The Bertz CT molecular complexity index is 623. The number of halogens is 1. The summed E-state index contributed by atoms with van der Waals surface area (Å²) in [7, 11) is 0. The molecule has 0 radical (unpaired) electrons. The van der Waals surface area contributed by atoms with Gasteiger partial charge in [0.25, 0.3) is 5.69 Å². The molecule has 0 unspecified atom stereocenters. The second-order valence-electron chi connectivity index (χ2n) is 3.97. The van der Waals surface area contributed by atoms with Gasteiger partial charge in [-0.25, -0.2) is 4.39 Å². The standard InChI is InChI=1S/C14H10FNO4/c15-11-3-1-10(2-4-11)14(17)9-20-13-7-5-12(6-8-13)16(18)19/h1-8H,9H2. The van der Waals surface area contributed by atoms with Gasteiger partial charge in [0.2, 0.25) is 0 Å². The maximum absolute atomic E-state index is 12.7. The lowest BCUT2D eigenvalue weighted by atomic mass is 10.1. The third-order valence-electron chi connectivity index (χ3n) is 2.58. The van der Waals surface area contributed by atoms with Gasteiger partial charge < -0.3 is 4.74 Å². The van der Waals surface area contributed by atoms with E-state index in [2.05, 4.69) is 0 Å². The van der Waals surface area contributed by atoms with Crippen molar-refractivity contribution in [2.75, 3.05) is 6.61 Å². The van der Waals surface area contributed by atoms with Crippen LogP contribution in [-0.4, -0.2) is 17.3 Å². The summed E-state index contributed by atoms with van der Waals surface area (Å²) in [5.74, 6) is -0.368. The third kappa shape index (κ3) is 3.38. The van der Waals surface area contributed by atoms with Gasteiger partial charge in [-0.15, -0.1) is 0 Å². The van der Waals surface area contributed by atoms with Crippen LogP contribution in [0.1, 0.15) is 10.4 Å². The first-order chi connectivity index (χ1) is 9.56. The number of benzene rings is 2. The van der Waals surface area contributed by atoms with Crippen molar-refractivity contribution in [3.8, 4) is 5.75 Å². The number of hydrogen-bond acceptors (Lipinski definition) is 4. The first-order valence-corrected chi connectivity index (χ1v) is 5.72. The van der Waals surface area contributed by atoms with Gasteiger partial charge in [-0.3, -0.25) is 14.9 Å². The van der Waals surface area contributed by atoms with Gasteiger partial charge in [-0.1, -0.05) is 0 Å². The highest BCUT2D eigenvalue weighted by Crippen LogP contribution is 2.17. The third-order valence-corrected chi connectivity index (χ3v) is 2.58. The zero-order chi connectivity index (χ0) is 14.5. The number of carbonyl (C=O) groups is 1. The monoisotopic (exact) mass is 275 g/mol. The van der Waals surface area contributed by atoms with E-state index < -0.39 is 10.7 Å². The van der Waals surface area contributed by atoms with Crippen LogP contribution in [0.4, 0.5) is 10.1 Å². The fourth-order valence-corrected chi connectivity index (χ4v) is 1.53. The molecule has 0 fully saturated rings. The maximum atomic E-state index is 12.7. The van der Waals surface area contributed by atoms with Crippen molar-refractivity contribution in [1.29, 1.82) is 0 Å². The average Bonchev–Trinajstić information content (AvgIpc) is 2.46. The van der Waals surface area contributed by atoms with Crippen molar-refractivity contribution in [1.82, 2.24) is 0 Å². The van der Waals surface area contributed by atoms with Gasteiger partial charge in [-0.05, 0) is 36.4 Å². The minimum Gasteiger partial charge on any atom is -0.485 e. The van der Waals surface area contributed by atoms with Gasteiger partial charge >= 0.3 is 0 Å². The van der Waals surface area contributed by atoms with E-state index in [1.807, 2.05) is 0 Å². The number of nitro benzene ring substituents is 1. The Morgan fingerprint density at radius 1 is 1.10 bits per heavy atom.